The van der Waals surface area contributed by atoms with Crippen LogP contribution in [0.3, 0.4) is 0 Å². The summed E-state index contributed by atoms with van der Waals surface area (Å²) in [6, 6.07) is 7.16. The van der Waals surface area contributed by atoms with Crippen molar-refractivity contribution in [1.29, 1.82) is 0 Å². The van der Waals surface area contributed by atoms with E-state index in [9.17, 15) is 14.9 Å². The van der Waals surface area contributed by atoms with Gasteiger partial charge >= 0.3 is 0 Å². The number of carbonyl (C=O) groups excluding carboxylic acids is 1. The quantitative estimate of drug-likeness (QED) is 0.681. The fourth-order valence-electron chi connectivity index (χ4n) is 2.42. The van der Waals surface area contributed by atoms with E-state index in [1.165, 1.54) is 0 Å². The zero-order valence-corrected chi connectivity index (χ0v) is 11.7. The molecule has 19 heavy (non-hydrogen) atoms. The maximum absolute atomic E-state index is 12.0. The smallest absolute Gasteiger partial charge is 0.231 e. The highest BCUT2D eigenvalue weighted by molar-refractivity contribution is 9.10. The molecule has 5 nitrogen and oxygen atoms in total. The van der Waals surface area contributed by atoms with E-state index in [0.717, 1.165) is 22.9 Å². The van der Waals surface area contributed by atoms with Crippen molar-refractivity contribution in [2.24, 2.45) is 5.92 Å². The topological polar surface area (TPSA) is 72.2 Å². The van der Waals surface area contributed by atoms with Crippen molar-refractivity contribution in [2.75, 3.05) is 0 Å². The largest absolute Gasteiger partial charge is 0.346 e. The molecule has 0 saturated heterocycles. The third kappa shape index (κ3) is 2.36. The van der Waals surface area contributed by atoms with Gasteiger partial charge in [0, 0.05) is 15.8 Å². The molecule has 0 aromatic heterocycles. The molecule has 0 radical (unpaired) electrons. The predicted octanol–water partition coefficient (Wildman–Crippen LogP) is 2.22. The van der Waals surface area contributed by atoms with Gasteiger partial charge in [-0.25, -0.2) is 0 Å². The van der Waals surface area contributed by atoms with Crippen LogP contribution in [0.5, 0.6) is 0 Å². The molecule has 2 aliphatic rings. The summed E-state index contributed by atoms with van der Waals surface area (Å²) in [5.41, 5.74) is 0.762. The summed E-state index contributed by atoms with van der Waals surface area (Å²) in [6.07, 6.45) is 2.16. The first kappa shape index (κ1) is 12.6. The summed E-state index contributed by atoms with van der Waals surface area (Å²) < 4.78 is 0.972. The molecule has 100 valence electrons. The second-order valence-electron chi connectivity index (χ2n) is 5.28. The standard InChI is InChI=1S/C13H13BrN2O3/c14-9-3-1-2-8(6-9)13(4-5-13)15-12(17)10-7-11(10)16(18)19/h1-3,6,10-11H,4-5,7H2,(H,15,17)/t10-,11+/m0/s1. The molecule has 1 aromatic rings. The molecule has 1 amide bonds. The Morgan fingerprint density at radius 3 is 2.74 bits per heavy atom. The van der Waals surface area contributed by atoms with Gasteiger partial charge in [-0.2, -0.15) is 0 Å². The number of benzene rings is 1. The van der Waals surface area contributed by atoms with Gasteiger partial charge in [0.2, 0.25) is 11.9 Å². The minimum atomic E-state index is -0.682. The Kier molecular flexibility index (Phi) is 2.85. The van der Waals surface area contributed by atoms with Crippen molar-refractivity contribution in [2.45, 2.75) is 30.8 Å². The molecule has 2 saturated carbocycles. The molecule has 0 aliphatic heterocycles. The van der Waals surface area contributed by atoms with Crippen LogP contribution in [-0.2, 0) is 10.3 Å². The van der Waals surface area contributed by atoms with E-state index in [1.807, 2.05) is 24.3 Å². The fraction of sp³-hybridized carbons (Fsp3) is 0.462. The Morgan fingerprint density at radius 2 is 2.21 bits per heavy atom. The Hall–Kier alpha value is -1.43. The number of nitrogens with zero attached hydrogens (tertiary/aromatic N) is 1. The zero-order chi connectivity index (χ0) is 13.6. The van der Waals surface area contributed by atoms with Gasteiger partial charge in [-0.1, -0.05) is 28.1 Å². The molecule has 2 fully saturated rings. The van der Waals surface area contributed by atoms with E-state index in [4.69, 9.17) is 0 Å². The van der Waals surface area contributed by atoms with Gasteiger partial charge in [-0.15, -0.1) is 0 Å². The number of nitrogens with one attached hydrogen (secondary N) is 1. The Morgan fingerprint density at radius 1 is 1.47 bits per heavy atom. The van der Waals surface area contributed by atoms with Crippen LogP contribution >= 0.6 is 15.9 Å². The lowest BCUT2D eigenvalue weighted by molar-refractivity contribution is -0.497. The summed E-state index contributed by atoms with van der Waals surface area (Å²) in [5, 5.41) is 13.6. The number of hydrogen-bond donors (Lipinski definition) is 1. The molecule has 2 atom stereocenters. The fourth-order valence-corrected chi connectivity index (χ4v) is 2.82. The van der Waals surface area contributed by atoms with E-state index in [1.54, 1.807) is 0 Å². The van der Waals surface area contributed by atoms with E-state index in [0.29, 0.717) is 6.42 Å². The lowest BCUT2D eigenvalue weighted by Gasteiger charge is -2.18. The average molecular weight is 325 g/mol. The Balaban J connectivity index is 1.70. The van der Waals surface area contributed by atoms with Crippen LogP contribution in [0.4, 0.5) is 0 Å². The molecule has 0 heterocycles. The van der Waals surface area contributed by atoms with Gasteiger partial charge in [-0.3, -0.25) is 14.9 Å². The van der Waals surface area contributed by atoms with Crippen LogP contribution in [-0.4, -0.2) is 16.9 Å². The van der Waals surface area contributed by atoms with Crippen LogP contribution < -0.4 is 5.32 Å². The van der Waals surface area contributed by atoms with E-state index in [2.05, 4.69) is 21.2 Å². The highest BCUT2D eigenvalue weighted by atomic mass is 79.9. The summed E-state index contributed by atoms with van der Waals surface area (Å²) >= 11 is 3.42. The molecule has 0 unspecified atom stereocenters. The maximum Gasteiger partial charge on any atom is 0.231 e. The van der Waals surface area contributed by atoms with E-state index >= 15 is 0 Å². The maximum atomic E-state index is 12.0. The van der Waals surface area contributed by atoms with Crippen molar-refractivity contribution < 1.29 is 9.72 Å². The van der Waals surface area contributed by atoms with Crippen molar-refractivity contribution in [3.8, 4) is 0 Å². The monoisotopic (exact) mass is 324 g/mol. The SMILES string of the molecule is O=C(NC1(c2cccc(Br)c2)CC1)[C@H]1C[C@H]1[N+](=O)[O-]. The van der Waals surface area contributed by atoms with E-state index in [-0.39, 0.29) is 16.4 Å². The Labute approximate surface area is 118 Å². The lowest BCUT2D eigenvalue weighted by atomic mass is 10.0. The molecule has 0 spiro atoms. The van der Waals surface area contributed by atoms with Crippen molar-refractivity contribution in [3.63, 3.8) is 0 Å². The van der Waals surface area contributed by atoms with Crippen LogP contribution in [0.15, 0.2) is 28.7 Å². The summed E-state index contributed by atoms with van der Waals surface area (Å²) in [7, 11) is 0. The second-order valence-corrected chi connectivity index (χ2v) is 6.19. The zero-order valence-electron chi connectivity index (χ0n) is 10.1. The van der Waals surface area contributed by atoms with E-state index < -0.39 is 12.0 Å². The van der Waals surface area contributed by atoms with Crippen LogP contribution in [0, 0.1) is 16.0 Å². The summed E-state index contributed by atoms with van der Waals surface area (Å²) in [6.45, 7) is 0. The minimum absolute atomic E-state index is 0.181. The summed E-state index contributed by atoms with van der Waals surface area (Å²) in [4.78, 5) is 22.2. The molecular formula is C13H13BrN2O3. The number of nitro groups is 1. The number of hydrogen-bond acceptors (Lipinski definition) is 3. The average Bonchev–Trinajstić information content (AvgIpc) is 3.23. The minimum Gasteiger partial charge on any atom is -0.346 e. The summed E-state index contributed by atoms with van der Waals surface area (Å²) in [5.74, 6) is -0.626. The first-order valence-corrected chi connectivity index (χ1v) is 7.03. The Bertz CT molecular complexity index is 557. The lowest BCUT2D eigenvalue weighted by Crippen LogP contribution is -2.37. The van der Waals surface area contributed by atoms with Gasteiger partial charge in [0.1, 0.15) is 5.92 Å². The van der Waals surface area contributed by atoms with Gasteiger partial charge in [0.05, 0.1) is 5.54 Å². The third-order valence-electron chi connectivity index (χ3n) is 3.85. The first-order valence-electron chi connectivity index (χ1n) is 6.23. The normalized spacial score (nSPS) is 26.6. The van der Waals surface area contributed by atoms with Crippen molar-refractivity contribution >= 4 is 21.8 Å². The number of amides is 1. The number of rotatable bonds is 4. The molecule has 2 aliphatic carbocycles. The number of halogens is 1. The van der Waals surface area contributed by atoms with Gasteiger partial charge in [0.15, 0.2) is 0 Å². The third-order valence-corrected chi connectivity index (χ3v) is 4.35. The first-order chi connectivity index (χ1) is 9.02. The molecule has 0 bridgehead atoms. The molecular weight excluding hydrogens is 312 g/mol. The van der Waals surface area contributed by atoms with Gasteiger partial charge in [0.25, 0.3) is 0 Å². The molecule has 1 N–H and O–H groups in total. The van der Waals surface area contributed by atoms with Crippen LogP contribution in [0.25, 0.3) is 0 Å². The highest BCUT2D eigenvalue weighted by Gasteiger charge is 2.56. The molecule has 3 rings (SSSR count). The number of carbonyl (C=O) groups is 1. The highest BCUT2D eigenvalue weighted by Crippen LogP contribution is 2.47. The van der Waals surface area contributed by atoms with Crippen molar-refractivity contribution in [3.05, 3.63) is 44.4 Å². The van der Waals surface area contributed by atoms with Crippen LogP contribution in [0.1, 0.15) is 24.8 Å². The van der Waals surface area contributed by atoms with Crippen LogP contribution in [0.2, 0.25) is 0 Å². The van der Waals surface area contributed by atoms with Gasteiger partial charge in [-0.05, 0) is 30.5 Å². The molecule has 1 aromatic carbocycles. The second kappa shape index (κ2) is 4.30. The van der Waals surface area contributed by atoms with Crippen molar-refractivity contribution in [1.82, 2.24) is 5.32 Å². The van der Waals surface area contributed by atoms with Gasteiger partial charge < -0.3 is 5.32 Å². The molecule has 6 heteroatoms. The predicted molar refractivity (Wildman–Crippen MR) is 72.1 cm³/mol.